The zero-order valence-electron chi connectivity index (χ0n) is 9.71. The number of carbonyl (C=O) groups is 1. The van der Waals surface area contributed by atoms with Gasteiger partial charge in [0.2, 0.25) is 0 Å². The van der Waals surface area contributed by atoms with Crippen molar-refractivity contribution in [3.05, 3.63) is 65.7 Å². The van der Waals surface area contributed by atoms with E-state index in [4.69, 9.17) is 5.73 Å². The Morgan fingerprint density at radius 1 is 0.944 bits per heavy atom. The predicted octanol–water partition coefficient (Wildman–Crippen LogP) is 2.66. The summed E-state index contributed by atoms with van der Waals surface area (Å²) in [6.45, 7) is 0. The van der Waals surface area contributed by atoms with E-state index < -0.39 is 5.92 Å². The van der Waals surface area contributed by atoms with Crippen molar-refractivity contribution in [1.29, 1.82) is 0 Å². The van der Waals surface area contributed by atoms with Crippen LogP contribution in [0.25, 0.3) is 0 Å². The van der Waals surface area contributed by atoms with Crippen molar-refractivity contribution in [2.75, 3.05) is 0 Å². The average Bonchev–Trinajstić information content (AvgIpc) is 2.40. The number of amidine groups is 1. The summed E-state index contributed by atoms with van der Waals surface area (Å²) in [6.07, 6.45) is 0. The van der Waals surface area contributed by atoms with E-state index in [1.165, 1.54) is 0 Å². The Kier molecular flexibility index (Phi) is 2.45. The standard InChI is InChI=1S/C15H12N2O/c16-15-13(10-6-2-1-3-7-10)14(18)11-8-4-5-9-12(11)17-15/h1-9,13H,(H2,16,17). The minimum absolute atomic E-state index is 0.0179. The topological polar surface area (TPSA) is 55.4 Å². The van der Waals surface area contributed by atoms with Crippen LogP contribution >= 0.6 is 0 Å². The highest BCUT2D eigenvalue weighted by molar-refractivity contribution is 6.20. The monoisotopic (exact) mass is 236 g/mol. The maximum absolute atomic E-state index is 12.5. The summed E-state index contributed by atoms with van der Waals surface area (Å²) in [7, 11) is 0. The number of ketones is 1. The number of para-hydroxylation sites is 1. The smallest absolute Gasteiger partial charge is 0.180 e. The van der Waals surface area contributed by atoms with Crippen LogP contribution in [-0.2, 0) is 0 Å². The molecule has 0 spiro atoms. The fraction of sp³-hybridized carbons (Fsp3) is 0.0667. The van der Waals surface area contributed by atoms with Gasteiger partial charge in [0.15, 0.2) is 5.78 Å². The Morgan fingerprint density at radius 2 is 1.61 bits per heavy atom. The average molecular weight is 236 g/mol. The lowest BCUT2D eigenvalue weighted by atomic mass is 9.87. The van der Waals surface area contributed by atoms with E-state index in [1.807, 2.05) is 42.5 Å². The molecule has 1 unspecified atom stereocenters. The number of nitrogens with zero attached hydrogens (tertiary/aromatic N) is 1. The van der Waals surface area contributed by atoms with Gasteiger partial charge in [-0.05, 0) is 17.7 Å². The number of Topliss-reactive ketones (excluding diaryl/α,β-unsaturated/α-hetero) is 1. The Labute approximate surface area is 105 Å². The molecule has 3 rings (SSSR count). The third kappa shape index (κ3) is 1.61. The first-order valence-corrected chi connectivity index (χ1v) is 5.79. The number of aliphatic imine (C=N–C) groups is 1. The molecule has 88 valence electrons. The predicted molar refractivity (Wildman–Crippen MR) is 71.2 cm³/mol. The van der Waals surface area contributed by atoms with Crippen LogP contribution in [0.4, 0.5) is 5.69 Å². The van der Waals surface area contributed by atoms with Crippen LogP contribution in [0.1, 0.15) is 21.8 Å². The minimum atomic E-state index is -0.457. The first-order valence-electron chi connectivity index (χ1n) is 5.79. The molecule has 0 bridgehead atoms. The van der Waals surface area contributed by atoms with Crippen LogP contribution in [0.15, 0.2) is 59.6 Å². The number of rotatable bonds is 1. The molecule has 0 aromatic heterocycles. The third-order valence-corrected chi connectivity index (χ3v) is 3.11. The van der Waals surface area contributed by atoms with Gasteiger partial charge in [0.05, 0.1) is 5.69 Å². The molecule has 18 heavy (non-hydrogen) atoms. The Morgan fingerprint density at radius 3 is 2.39 bits per heavy atom. The number of fused-ring (bicyclic) bond motifs is 1. The van der Waals surface area contributed by atoms with Crippen LogP contribution in [0.2, 0.25) is 0 Å². The lowest BCUT2D eigenvalue weighted by Gasteiger charge is -2.21. The van der Waals surface area contributed by atoms with Crippen molar-refractivity contribution in [3.63, 3.8) is 0 Å². The van der Waals surface area contributed by atoms with Gasteiger partial charge in [-0.15, -0.1) is 0 Å². The Bertz CT molecular complexity index is 632. The first kappa shape index (κ1) is 10.7. The second-order valence-electron chi connectivity index (χ2n) is 4.26. The molecule has 2 aromatic carbocycles. The number of carbonyl (C=O) groups excluding carboxylic acids is 1. The lowest BCUT2D eigenvalue weighted by Crippen LogP contribution is -2.31. The molecule has 0 saturated heterocycles. The second kappa shape index (κ2) is 4.11. The van der Waals surface area contributed by atoms with Crippen molar-refractivity contribution in [2.45, 2.75) is 5.92 Å². The largest absolute Gasteiger partial charge is 0.386 e. The van der Waals surface area contributed by atoms with E-state index in [0.717, 1.165) is 5.56 Å². The third-order valence-electron chi connectivity index (χ3n) is 3.11. The van der Waals surface area contributed by atoms with Gasteiger partial charge in [-0.1, -0.05) is 42.5 Å². The zero-order chi connectivity index (χ0) is 12.5. The molecule has 1 aliphatic rings. The van der Waals surface area contributed by atoms with Gasteiger partial charge in [0, 0.05) is 5.56 Å². The van der Waals surface area contributed by atoms with Crippen molar-refractivity contribution in [3.8, 4) is 0 Å². The van der Waals surface area contributed by atoms with Crippen molar-refractivity contribution < 1.29 is 4.79 Å². The summed E-state index contributed by atoms with van der Waals surface area (Å²) in [5.41, 5.74) is 8.13. The summed E-state index contributed by atoms with van der Waals surface area (Å²) in [4.78, 5) is 16.8. The highest BCUT2D eigenvalue weighted by Crippen LogP contribution is 2.32. The molecule has 3 nitrogen and oxygen atoms in total. The molecule has 1 heterocycles. The molecule has 1 atom stereocenters. The molecule has 0 aliphatic carbocycles. The van der Waals surface area contributed by atoms with E-state index in [2.05, 4.69) is 4.99 Å². The summed E-state index contributed by atoms with van der Waals surface area (Å²) < 4.78 is 0. The maximum Gasteiger partial charge on any atom is 0.180 e. The van der Waals surface area contributed by atoms with Gasteiger partial charge in [0.1, 0.15) is 11.8 Å². The van der Waals surface area contributed by atoms with E-state index in [9.17, 15) is 4.79 Å². The fourth-order valence-electron chi connectivity index (χ4n) is 2.24. The number of benzene rings is 2. The van der Waals surface area contributed by atoms with Crippen LogP contribution < -0.4 is 5.73 Å². The van der Waals surface area contributed by atoms with E-state index in [0.29, 0.717) is 17.1 Å². The number of hydrogen-bond donors (Lipinski definition) is 1. The molecular formula is C15H12N2O. The van der Waals surface area contributed by atoms with E-state index in [-0.39, 0.29) is 5.78 Å². The van der Waals surface area contributed by atoms with Crippen LogP contribution in [0.3, 0.4) is 0 Å². The quantitative estimate of drug-likeness (QED) is 0.827. The van der Waals surface area contributed by atoms with Crippen molar-refractivity contribution >= 4 is 17.3 Å². The van der Waals surface area contributed by atoms with Gasteiger partial charge >= 0.3 is 0 Å². The van der Waals surface area contributed by atoms with Gasteiger partial charge in [-0.2, -0.15) is 0 Å². The highest BCUT2D eigenvalue weighted by Gasteiger charge is 2.30. The fourth-order valence-corrected chi connectivity index (χ4v) is 2.24. The van der Waals surface area contributed by atoms with Gasteiger partial charge in [-0.3, -0.25) is 4.79 Å². The maximum atomic E-state index is 12.5. The molecule has 3 heteroatoms. The molecule has 0 radical (unpaired) electrons. The summed E-state index contributed by atoms with van der Waals surface area (Å²) in [5.74, 6) is -0.0738. The summed E-state index contributed by atoms with van der Waals surface area (Å²) >= 11 is 0. The lowest BCUT2D eigenvalue weighted by molar-refractivity contribution is 0.0981. The van der Waals surface area contributed by atoms with E-state index in [1.54, 1.807) is 12.1 Å². The number of nitrogens with two attached hydrogens (primary N) is 1. The van der Waals surface area contributed by atoms with Gasteiger partial charge in [-0.25, -0.2) is 4.99 Å². The molecule has 0 fully saturated rings. The van der Waals surface area contributed by atoms with Crippen molar-refractivity contribution in [1.82, 2.24) is 0 Å². The Balaban J connectivity index is 2.13. The summed E-state index contributed by atoms with van der Waals surface area (Å²) in [6, 6.07) is 16.8. The SMILES string of the molecule is NC1=Nc2ccccc2C(=O)C1c1ccccc1. The molecule has 0 amide bonds. The van der Waals surface area contributed by atoms with Crippen molar-refractivity contribution in [2.24, 2.45) is 10.7 Å². The van der Waals surface area contributed by atoms with Gasteiger partial charge < -0.3 is 5.73 Å². The molecule has 2 aromatic rings. The number of hydrogen-bond acceptors (Lipinski definition) is 3. The normalized spacial score (nSPS) is 18.1. The van der Waals surface area contributed by atoms with Crippen LogP contribution in [0, 0.1) is 0 Å². The Hall–Kier alpha value is -2.42. The zero-order valence-corrected chi connectivity index (χ0v) is 9.71. The first-order chi connectivity index (χ1) is 8.77. The van der Waals surface area contributed by atoms with Crippen LogP contribution in [-0.4, -0.2) is 11.6 Å². The second-order valence-corrected chi connectivity index (χ2v) is 4.26. The molecule has 0 saturated carbocycles. The molecule has 1 aliphatic heterocycles. The minimum Gasteiger partial charge on any atom is -0.386 e. The van der Waals surface area contributed by atoms with E-state index >= 15 is 0 Å². The van der Waals surface area contributed by atoms with Crippen LogP contribution in [0.5, 0.6) is 0 Å². The molecule has 2 N–H and O–H groups in total. The molecular weight excluding hydrogens is 224 g/mol. The van der Waals surface area contributed by atoms with Gasteiger partial charge in [0.25, 0.3) is 0 Å². The highest BCUT2D eigenvalue weighted by atomic mass is 16.1. The summed E-state index contributed by atoms with van der Waals surface area (Å²) in [5, 5.41) is 0.